The number of nitrogens with zero attached hydrogens (tertiary/aromatic N) is 1. The number of amides is 1. The molecule has 2 unspecified atom stereocenters. The van der Waals surface area contributed by atoms with Crippen molar-refractivity contribution in [3.63, 3.8) is 0 Å². The maximum Gasteiger partial charge on any atom is 0.250 e. The van der Waals surface area contributed by atoms with Crippen molar-refractivity contribution in [1.29, 1.82) is 0 Å². The van der Waals surface area contributed by atoms with Crippen LogP contribution in [-0.2, 0) is 17.8 Å². The van der Waals surface area contributed by atoms with Crippen LogP contribution in [-0.4, -0.2) is 28.1 Å². The van der Waals surface area contributed by atoms with Crippen LogP contribution in [0.4, 0.5) is 0 Å². The van der Waals surface area contributed by atoms with Gasteiger partial charge in [-0.15, -0.1) is 0 Å². The third kappa shape index (κ3) is 4.66. The molecule has 0 spiro atoms. The monoisotopic (exact) mass is 285 g/mol. The van der Waals surface area contributed by atoms with Gasteiger partial charge in [0.1, 0.15) is 6.10 Å². The highest BCUT2D eigenvalue weighted by molar-refractivity contribution is 5.81. The van der Waals surface area contributed by atoms with Gasteiger partial charge in [0.2, 0.25) is 0 Å². The van der Waals surface area contributed by atoms with Gasteiger partial charge in [-0.05, 0) is 23.6 Å². The van der Waals surface area contributed by atoms with Crippen LogP contribution in [0.2, 0.25) is 0 Å². The fourth-order valence-electron chi connectivity index (χ4n) is 1.99. The van der Waals surface area contributed by atoms with Gasteiger partial charge < -0.3 is 16.2 Å². The third-order valence-corrected chi connectivity index (χ3v) is 3.18. The summed E-state index contributed by atoms with van der Waals surface area (Å²) in [4.78, 5) is 15.9. The van der Waals surface area contributed by atoms with E-state index >= 15 is 0 Å². The second-order valence-corrected chi connectivity index (χ2v) is 4.88. The summed E-state index contributed by atoms with van der Waals surface area (Å²) in [6, 6.07) is 12.5. The number of nitrogens with one attached hydrogen (secondary N) is 1. The van der Waals surface area contributed by atoms with Crippen LogP contribution in [0.3, 0.4) is 0 Å². The summed E-state index contributed by atoms with van der Waals surface area (Å²) in [5.74, 6) is -0.463. The van der Waals surface area contributed by atoms with Crippen LogP contribution >= 0.6 is 0 Å². The Morgan fingerprint density at radius 3 is 2.57 bits per heavy atom. The van der Waals surface area contributed by atoms with E-state index in [0.29, 0.717) is 13.0 Å². The van der Waals surface area contributed by atoms with Gasteiger partial charge in [-0.1, -0.05) is 36.4 Å². The second kappa shape index (κ2) is 7.52. The molecule has 0 bridgehead atoms. The van der Waals surface area contributed by atoms with Crippen molar-refractivity contribution in [2.45, 2.75) is 25.1 Å². The largest absolute Gasteiger partial charge is 0.382 e. The minimum Gasteiger partial charge on any atom is -0.382 e. The molecule has 0 aliphatic heterocycles. The van der Waals surface area contributed by atoms with E-state index in [2.05, 4.69) is 10.3 Å². The van der Waals surface area contributed by atoms with E-state index in [9.17, 15) is 9.90 Å². The molecule has 2 rings (SSSR count). The van der Waals surface area contributed by atoms with Gasteiger partial charge in [0.05, 0.1) is 0 Å². The molecule has 0 saturated carbocycles. The van der Waals surface area contributed by atoms with E-state index in [4.69, 9.17) is 5.73 Å². The summed E-state index contributed by atoms with van der Waals surface area (Å²) in [5, 5.41) is 12.6. The van der Waals surface area contributed by atoms with Crippen LogP contribution in [0.5, 0.6) is 0 Å². The Hall–Kier alpha value is -2.24. The topological polar surface area (TPSA) is 88.2 Å². The summed E-state index contributed by atoms with van der Waals surface area (Å²) in [7, 11) is 0. The number of aliphatic hydroxyl groups excluding tert-OH is 1. The normalized spacial score (nSPS) is 13.4. The van der Waals surface area contributed by atoms with Crippen molar-refractivity contribution in [3.8, 4) is 0 Å². The minimum absolute atomic E-state index is 0.371. The number of carbonyl (C=O) groups excluding carboxylic acids is 1. The predicted molar refractivity (Wildman–Crippen MR) is 80.2 cm³/mol. The van der Waals surface area contributed by atoms with Gasteiger partial charge in [-0.25, -0.2) is 0 Å². The zero-order valence-electron chi connectivity index (χ0n) is 11.6. The molecule has 110 valence electrons. The predicted octanol–water partition coefficient (Wildman–Crippen LogP) is 0.629. The fourth-order valence-corrected chi connectivity index (χ4v) is 1.99. The highest BCUT2D eigenvalue weighted by Gasteiger charge is 2.22. The SMILES string of the molecule is NC(Cc1cccnc1)C(O)C(=O)NCc1ccccc1. The number of rotatable bonds is 6. The van der Waals surface area contributed by atoms with Crippen LogP contribution in [0.1, 0.15) is 11.1 Å². The Labute approximate surface area is 123 Å². The maximum atomic E-state index is 11.9. The highest BCUT2D eigenvalue weighted by atomic mass is 16.3. The van der Waals surface area contributed by atoms with Crippen molar-refractivity contribution in [2.24, 2.45) is 5.73 Å². The van der Waals surface area contributed by atoms with Crippen LogP contribution < -0.4 is 11.1 Å². The van der Waals surface area contributed by atoms with Crippen molar-refractivity contribution < 1.29 is 9.90 Å². The molecule has 0 radical (unpaired) electrons. The smallest absolute Gasteiger partial charge is 0.250 e. The average molecular weight is 285 g/mol. The molecule has 5 nitrogen and oxygen atoms in total. The van der Waals surface area contributed by atoms with Crippen molar-refractivity contribution in [2.75, 3.05) is 0 Å². The Bertz CT molecular complexity index is 560. The molecular formula is C16H19N3O2. The van der Waals surface area contributed by atoms with Crippen LogP contribution in [0.25, 0.3) is 0 Å². The molecule has 2 aromatic rings. The highest BCUT2D eigenvalue weighted by Crippen LogP contribution is 2.04. The summed E-state index contributed by atoms with van der Waals surface area (Å²) in [6.45, 7) is 0.371. The third-order valence-electron chi connectivity index (χ3n) is 3.18. The van der Waals surface area contributed by atoms with Gasteiger partial charge in [0.15, 0.2) is 0 Å². The summed E-state index contributed by atoms with van der Waals surface area (Å²) in [6.07, 6.45) is 2.49. The molecular weight excluding hydrogens is 266 g/mol. The van der Waals surface area contributed by atoms with Crippen molar-refractivity contribution in [3.05, 3.63) is 66.0 Å². The molecule has 1 aromatic heterocycles. The van der Waals surface area contributed by atoms with E-state index in [1.807, 2.05) is 36.4 Å². The number of benzene rings is 1. The molecule has 0 saturated heterocycles. The first-order chi connectivity index (χ1) is 10.2. The number of hydrogen-bond acceptors (Lipinski definition) is 4. The lowest BCUT2D eigenvalue weighted by atomic mass is 10.0. The number of hydrogen-bond donors (Lipinski definition) is 3. The van der Waals surface area contributed by atoms with E-state index in [0.717, 1.165) is 11.1 Å². The summed E-state index contributed by atoms with van der Waals surface area (Å²) in [5.41, 5.74) is 7.74. The van der Waals surface area contributed by atoms with Gasteiger partial charge in [0.25, 0.3) is 5.91 Å². The van der Waals surface area contributed by atoms with Crippen molar-refractivity contribution in [1.82, 2.24) is 10.3 Å². The lowest BCUT2D eigenvalue weighted by Gasteiger charge is -2.18. The molecule has 0 aliphatic rings. The lowest BCUT2D eigenvalue weighted by molar-refractivity contribution is -0.130. The lowest BCUT2D eigenvalue weighted by Crippen LogP contribution is -2.47. The molecule has 0 aliphatic carbocycles. The summed E-state index contributed by atoms with van der Waals surface area (Å²) >= 11 is 0. The molecule has 4 N–H and O–H groups in total. The van der Waals surface area contributed by atoms with Crippen molar-refractivity contribution >= 4 is 5.91 Å². The van der Waals surface area contributed by atoms with E-state index in [-0.39, 0.29) is 0 Å². The Morgan fingerprint density at radius 2 is 1.90 bits per heavy atom. The molecule has 1 aromatic carbocycles. The standard InChI is InChI=1S/C16H19N3O2/c17-14(9-13-7-4-8-18-10-13)15(20)16(21)19-11-12-5-2-1-3-6-12/h1-8,10,14-15,20H,9,11,17H2,(H,19,21). The van der Waals surface area contributed by atoms with Gasteiger partial charge in [0, 0.05) is 25.0 Å². The van der Waals surface area contributed by atoms with Crippen LogP contribution in [0.15, 0.2) is 54.9 Å². The average Bonchev–Trinajstić information content (AvgIpc) is 2.53. The van der Waals surface area contributed by atoms with E-state index in [1.54, 1.807) is 18.5 Å². The molecule has 1 heterocycles. The number of pyridine rings is 1. The second-order valence-electron chi connectivity index (χ2n) is 4.88. The van der Waals surface area contributed by atoms with E-state index < -0.39 is 18.1 Å². The first-order valence-corrected chi connectivity index (χ1v) is 6.81. The molecule has 2 atom stereocenters. The van der Waals surface area contributed by atoms with Gasteiger partial charge in [-0.3, -0.25) is 9.78 Å². The Morgan fingerprint density at radius 1 is 1.19 bits per heavy atom. The number of aromatic nitrogens is 1. The minimum atomic E-state index is -1.24. The Kier molecular flexibility index (Phi) is 5.43. The fraction of sp³-hybridized carbons (Fsp3) is 0.250. The number of carbonyl (C=O) groups is 1. The zero-order chi connectivity index (χ0) is 15.1. The molecule has 0 fully saturated rings. The van der Waals surface area contributed by atoms with Gasteiger partial charge >= 0.3 is 0 Å². The molecule has 21 heavy (non-hydrogen) atoms. The molecule has 1 amide bonds. The quantitative estimate of drug-likeness (QED) is 0.726. The Balaban J connectivity index is 1.84. The van der Waals surface area contributed by atoms with Gasteiger partial charge in [-0.2, -0.15) is 0 Å². The maximum absolute atomic E-state index is 11.9. The first-order valence-electron chi connectivity index (χ1n) is 6.81. The number of nitrogens with two attached hydrogens (primary N) is 1. The first kappa shape index (κ1) is 15.2. The number of aliphatic hydroxyl groups is 1. The summed E-state index contributed by atoms with van der Waals surface area (Å²) < 4.78 is 0. The zero-order valence-corrected chi connectivity index (χ0v) is 11.6. The molecule has 5 heteroatoms. The van der Waals surface area contributed by atoms with Crippen LogP contribution in [0, 0.1) is 0 Å². The van der Waals surface area contributed by atoms with E-state index in [1.165, 1.54) is 0 Å².